The molecule has 0 unspecified atom stereocenters. The number of carbonyl (C=O) groups excluding carboxylic acids is 2. The van der Waals surface area contributed by atoms with Gasteiger partial charge in [0.2, 0.25) is 0 Å². The van der Waals surface area contributed by atoms with Crippen molar-refractivity contribution in [2.75, 3.05) is 0 Å². The van der Waals surface area contributed by atoms with Crippen LogP contribution in [-0.4, -0.2) is 11.6 Å². The highest BCUT2D eigenvalue weighted by Crippen LogP contribution is 2.47. The van der Waals surface area contributed by atoms with Gasteiger partial charge in [0.25, 0.3) is 0 Å². The highest BCUT2D eigenvalue weighted by atomic mass is 32.2. The van der Waals surface area contributed by atoms with Gasteiger partial charge in [-0.2, -0.15) is 0 Å². The predicted molar refractivity (Wildman–Crippen MR) is 77.1 cm³/mol. The average Bonchev–Trinajstić information content (AvgIpc) is 2.43. The molecule has 100 valence electrons. The van der Waals surface area contributed by atoms with Crippen LogP contribution in [0, 0.1) is 0 Å². The van der Waals surface area contributed by atoms with E-state index in [1.807, 2.05) is 12.1 Å². The molecule has 0 fully saturated rings. The molecule has 0 atom stereocenters. The summed E-state index contributed by atoms with van der Waals surface area (Å²) in [6.45, 7) is 3.08. The molecule has 0 radical (unpaired) electrons. The second-order valence-electron chi connectivity index (χ2n) is 4.64. The summed E-state index contributed by atoms with van der Waals surface area (Å²) in [6, 6.07) is 10.8. The van der Waals surface area contributed by atoms with Gasteiger partial charge in [-0.1, -0.05) is 11.8 Å². The minimum atomic E-state index is 0.0247. The van der Waals surface area contributed by atoms with Crippen molar-refractivity contribution < 1.29 is 14.3 Å². The van der Waals surface area contributed by atoms with Crippen molar-refractivity contribution in [2.24, 2.45) is 0 Å². The first-order valence-electron chi connectivity index (χ1n) is 6.20. The number of hydrogen-bond donors (Lipinski definition) is 0. The van der Waals surface area contributed by atoms with Crippen LogP contribution in [0.5, 0.6) is 11.5 Å². The number of hydrogen-bond acceptors (Lipinski definition) is 4. The van der Waals surface area contributed by atoms with Gasteiger partial charge in [0, 0.05) is 11.1 Å². The molecule has 1 aliphatic rings. The topological polar surface area (TPSA) is 43.4 Å². The van der Waals surface area contributed by atoms with Crippen LogP contribution in [0.4, 0.5) is 0 Å². The first kappa shape index (κ1) is 12.9. The quantitative estimate of drug-likeness (QED) is 0.656. The van der Waals surface area contributed by atoms with Crippen molar-refractivity contribution in [3.63, 3.8) is 0 Å². The molecule has 0 spiro atoms. The number of rotatable bonds is 2. The van der Waals surface area contributed by atoms with Crippen LogP contribution in [-0.2, 0) is 0 Å². The van der Waals surface area contributed by atoms with Gasteiger partial charge in [-0.05, 0) is 50.2 Å². The molecule has 1 aliphatic heterocycles. The molecule has 0 saturated carbocycles. The zero-order valence-corrected chi connectivity index (χ0v) is 11.9. The fourth-order valence-corrected chi connectivity index (χ4v) is 3.05. The van der Waals surface area contributed by atoms with E-state index in [-0.39, 0.29) is 11.6 Å². The van der Waals surface area contributed by atoms with E-state index in [1.165, 1.54) is 25.6 Å². The number of fused-ring (bicyclic) bond motifs is 2. The number of ketones is 2. The third-order valence-electron chi connectivity index (χ3n) is 3.14. The van der Waals surface area contributed by atoms with Crippen LogP contribution in [0.25, 0.3) is 0 Å². The van der Waals surface area contributed by atoms with Gasteiger partial charge in [0.1, 0.15) is 11.5 Å². The minimum absolute atomic E-state index is 0.0247. The van der Waals surface area contributed by atoms with E-state index >= 15 is 0 Å². The molecule has 3 rings (SSSR count). The van der Waals surface area contributed by atoms with Crippen LogP contribution in [0.2, 0.25) is 0 Å². The maximum atomic E-state index is 11.4. The van der Waals surface area contributed by atoms with E-state index in [0.717, 1.165) is 21.3 Å². The van der Waals surface area contributed by atoms with Crippen LogP contribution in [0.1, 0.15) is 34.6 Å². The highest BCUT2D eigenvalue weighted by Gasteiger charge is 2.19. The van der Waals surface area contributed by atoms with Crippen molar-refractivity contribution in [3.8, 4) is 11.5 Å². The fraction of sp³-hybridized carbons (Fsp3) is 0.125. The molecule has 1 heterocycles. The maximum absolute atomic E-state index is 11.4. The SMILES string of the molecule is CC(=O)c1ccc2c(c1)Sc1cc(C(C)=O)ccc1O2. The zero-order valence-electron chi connectivity index (χ0n) is 11.1. The Balaban J connectivity index is 2.03. The lowest BCUT2D eigenvalue weighted by Crippen LogP contribution is -2.00. The molecule has 0 bridgehead atoms. The van der Waals surface area contributed by atoms with Crippen molar-refractivity contribution in [3.05, 3.63) is 47.5 Å². The molecule has 0 saturated heterocycles. The smallest absolute Gasteiger partial charge is 0.159 e. The van der Waals surface area contributed by atoms with Gasteiger partial charge in [0.15, 0.2) is 11.6 Å². The molecule has 3 nitrogen and oxygen atoms in total. The Morgan fingerprint density at radius 2 is 1.30 bits per heavy atom. The van der Waals surface area contributed by atoms with Crippen molar-refractivity contribution >= 4 is 23.3 Å². The van der Waals surface area contributed by atoms with E-state index < -0.39 is 0 Å². The summed E-state index contributed by atoms with van der Waals surface area (Å²) < 4.78 is 5.80. The van der Waals surface area contributed by atoms with Crippen molar-refractivity contribution in [1.29, 1.82) is 0 Å². The molecule has 2 aromatic rings. The van der Waals surface area contributed by atoms with Gasteiger partial charge in [0.05, 0.1) is 9.79 Å². The van der Waals surface area contributed by atoms with Crippen LogP contribution >= 0.6 is 11.8 Å². The molecule has 20 heavy (non-hydrogen) atoms. The normalized spacial score (nSPS) is 12.1. The lowest BCUT2D eigenvalue weighted by molar-refractivity contribution is 0.100. The van der Waals surface area contributed by atoms with Gasteiger partial charge in [-0.25, -0.2) is 0 Å². The third kappa shape index (κ3) is 2.23. The van der Waals surface area contributed by atoms with Gasteiger partial charge < -0.3 is 4.74 Å². The fourth-order valence-electron chi connectivity index (χ4n) is 2.02. The maximum Gasteiger partial charge on any atom is 0.159 e. The second kappa shape index (κ2) is 4.80. The van der Waals surface area contributed by atoms with E-state index in [1.54, 1.807) is 24.3 Å². The summed E-state index contributed by atoms with van der Waals surface area (Å²) in [5.41, 5.74) is 1.32. The molecule has 4 heteroatoms. The van der Waals surface area contributed by atoms with E-state index in [2.05, 4.69) is 0 Å². The molecule has 0 aliphatic carbocycles. The lowest BCUT2D eigenvalue weighted by Gasteiger charge is -2.20. The van der Waals surface area contributed by atoms with Crippen LogP contribution in [0.3, 0.4) is 0 Å². The lowest BCUT2D eigenvalue weighted by atomic mass is 10.1. The van der Waals surface area contributed by atoms with Gasteiger partial charge in [-0.15, -0.1) is 0 Å². The number of benzene rings is 2. The molecule has 0 amide bonds. The van der Waals surface area contributed by atoms with Crippen LogP contribution < -0.4 is 4.74 Å². The summed E-state index contributed by atoms with van der Waals surface area (Å²) in [7, 11) is 0. The average molecular weight is 284 g/mol. The Morgan fingerprint density at radius 1 is 0.850 bits per heavy atom. The Hall–Kier alpha value is -2.07. The Bertz CT molecular complexity index is 673. The standard InChI is InChI=1S/C16H12O3S/c1-9(17)11-3-5-13-15(7-11)20-16-8-12(10(2)18)4-6-14(16)19-13/h3-8H,1-2H3. The van der Waals surface area contributed by atoms with E-state index in [9.17, 15) is 9.59 Å². The summed E-state index contributed by atoms with van der Waals surface area (Å²) >= 11 is 1.52. The van der Waals surface area contributed by atoms with Crippen molar-refractivity contribution in [2.45, 2.75) is 23.6 Å². The zero-order chi connectivity index (χ0) is 14.3. The Kier molecular flexibility index (Phi) is 3.10. The Labute approximate surface area is 121 Å². The molecular formula is C16H12O3S. The first-order chi connectivity index (χ1) is 9.54. The summed E-state index contributed by atoms with van der Waals surface area (Å²) in [6.07, 6.45) is 0. The van der Waals surface area contributed by atoms with Gasteiger partial charge in [-0.3, -0.25) is 9.59 Å². The number of carbonyl (C=O) groups is 2. The minimum Gasteiger partial charge on any atom is -0.455 e. The molecule has 0 aromatic heterocycles. The van der Waals surface area contributed by atoms with E-state index in [0.29, 0.717) is 11.1 Å². The number of Topliss-reactive ketones (excluding diaryl/α,β-unsaturated/α-hetero) is 2. The summed E-state index contributed by atoms with van der Waals surface area (Å²) in [4.78, 5) is 24.6. The second-order valence-corrected chi connectivity index (χ2v) is 5.72. The summed E-state index contributed by atoms with van der Waals surface area (Å²) in [5, 5.41) is 0. The third-order valence-corrected chi connectivity index (χ3v) is 4.22. The number of ether oxygens (including phenoxy) is 1. The summed E-state index contributed by atoms with van der Waals surface area (Å²) in [5.74, 6) is 1.53. The first-order valence-corrected chi connectivity index (χ1v) is 7.02. The largest absolute Gasteiger partial charge is 0.455 e. The Morgan fingerprint density at radius 3 is 1.70 bits per heavy atom. The van der Waals surface area contributed by atoms with Crippen LogP contribution in [0.15, 0.2) is 46.2 Å². The van der Waals surface area contributed by atoms with Crippen molar-refractivity contribution in [1.82, 2.24) is 0 Å². The molecule has 2 aromatic carbocycles. The van der Waals surface area contributed by atoms with Gasteiger partial charge >= 0.3 is 0 Å². The highest BCUT2D eigenvalue weighted by molar-refractivity contribution is 7.99. The molecule has 0 N–H and O–H groups in total. The monoisotopic (exact) mass is 284 g/mol. The molecular weight excluding hydrogens is 272 g/mol. The van der Waals surface area contributed by atoms with E-state index in [4.69, 9.17) is 4.74 Å². The predicted octanol–water partition coefficient (Wildman–Crippen LogP) is 4.35.